The lowest BCUT2D eigenvalue weighted by Crippen LogP contribution is -2.62. The minimum atomic E-state index is -1.75. The second-order valence-electron chi connectivity index (χ2n) is 15.9. The molecule has 0 aliphatic carbocycles. The van der Waals surface area contributed by atoms with Crippen LogP contribution < -0.4 is 43.0 Å². The van der Waals surface area contributed by atoms with E-state index in [2.05, 4.69) is 42.2 Å². The Hall–Kier alpha value is -5.98. The lowest BCUT2D eigenvalue weighted by molar-refractivity contribution is -0.144. The normalized spacial score (nSPS) is 27.6. The second-order valence-corrected chi connectivity index (χ2v) is 17.0. The first-order valence-electron chi connectivity index (χ1n) is 20.4. The van der Waals surface area contributed by atoms with E-state index in [0.717, 1.165) is 16.7 Å². The summed E-state index contributed by atoms with van der Waals surface area (Å²) in [5, 5.41) is 60.0. The number of aromatic amines is 1. The summed E-state index contributed by atoms with van der Waals surface area (Å²) in [6.45, 7) is 2.06. The summed E-state index contributed by atoms with van der Waals surface area (Å²) < 4.78 is 0. The number of thioether (sulfide) groups is 1. The van der Waals surface area contributed by atoms with Crippen molar-refractivity contribution in [3.05, 3.63) is 23.8 Å². The van der Waals surface area contributed by atoms with Crippen LogP contribution in [0.25, 0.3) is 10.9 Å². The first-order chi connectivity index (χ1) is 29.8. The fourth-order valence-corrected chi connectivity index (χ4v) is 8.67. The van der Waals surface area contributed by atoms with E-state index in [1.165, 1.54) is 25.1 Å². The van der Waals surface area contributed by atoms with Crippen molar-refractivity contribution in [1.29, 1.82) is 0 Å². The molecule has 1 saturated heterocycles. The fraction of sp³-hybridized carbons (Fsp3) is 0.564. The number of H-pyrrole nitrogens is 1. The van der Waals surface area contributed by atoms with Crippen LogP contribution in [-0.2, 0) is 49.6 Å². The highest BCUT2D eigenvalue weighted by molar-refractivity contribution is 7.99. The number of phenolic OH excluding ortho intramolecular Hbond substituents is 1. The topological polar surface area (TPSA) is 364 Å². The molecule has 0 radical (unpaired) electrons. The van der Waals surface area contributed by atoms with Gasteiger partial charge in [-0.05, 0) is 29.7 Å². The Morgan fingerprint density at radius 3 is 2.22 bits per heavy atom. The summed E-state index contributed by atoms with van der Waals surface area (Å²) in [5.74, 6) is -10.8. The third kappa shape index (κ3) is 11.7. The number of nitrogens with one attached hydrogen (secondary N) is 8. The fourth-order valence-electron chi connectivity index (χ4n) is 7.55. The zero-order valence-electron chi connectivity index (χ0n) is 34.8. The molecule has 1 aromatic carbocycles. The van der Waals surface area contributed by atoms with Crippen molar-refractivity contribution in [3.63, 3.8) is 0 Å². The number of amides is 9. The van der Waals surface area contributed by atoms with E-state index in [1.54, 1.807) is 13.8 Å². The summed E-state index contributed by atoms with van der Waals surface area (Å²) in [5.41, 5.74) is 6.23. The zero-order valence-corrected chi connectivity index (χ0v) is 35.6. The predicted octanol–water partition coefficient (Wildman–Crippen LogP) is -4.94. The molecule has 10 atom stereocenters. The number of aliphatic hydroxyl groups excluding tert-OH is 3. The highest BCUT2D eigenvalue weighted by Crippen LogP contribution is 2.34. The quantitative estimate of drug-likeness (QED) is 0.124. The molecule has 0 spiro atoms. The number of phenols is 1. The van der Waals surface area contributed by atoms with Crippen LogP contribution >= 0.6 is 11.8 Å². The number of aromatic nitrogens is 1. The molecule has 344 valence electrons. The molecule has 63 heavy (non-hydrogen) atoms. The Morgan fingerprint density at radius 1 is 0.873 bits per heavy atom. The molecule has 2 bridgehead atoms. The van der Waals surface area contributed by atoms with Crippen LogP contribution in [0, 0.1) is 11.8 Å². The van der Waals surface area contributed by atoms with Crippen LogP contribution in [0.1, 0.15) is 45.6 Å². The van der Waals surface area contributed by atoms with Crippen molar-refractivity contribution in [3.8, 4) is 5.75 Å². The van der Waals surface area contributed by atoms with Crippen LogP contribution in [0.3, 0.4) is 0 Å². The maximum absolute atomic E-state index is 14.4. The van der Waals surface area contributed by atoms with Gasteiger partial charge in [-0.2, -0.15) is 0 Å². The number of nitrogens with zero attached hydrogens (tertiary/aromatic N) is 1. The summed E-state index contributed by atoms with van der Waals surface area (Å²) in [7, 11) is 0. The van der Waals surface area contributed by atoms with Gasteiger partial charge in [0.25, 0.3) is 0 Å². The van der Waals surface area contributed by atoms with Crippen LogP contribution in [0.4, 0.5) is 0 Å². The molecule has 1 fully saturated rings. The van der Waals surface area contributed by atoms with Gasteiger partial charge in [0.05, 0.1) is 43.4 Å². The average molecular weight is 903 g/mol. The number of nitrogens with two attached hydrogens (primary N) is 1. The van der Waals surface area contributed by atoms with Crippen molar-refractivity contribution in [2.45, 2.75) is 99.9 Å². The Kier molecular flexibility index (Phi) is 16.0. The standard InChI is InChI=1S/C39H54N10O13S/c1-4-16(2)31-36(60)42-11-29(55)43-25-15-63-38-21(20-7-18(51)5-6-22(20)46-38)9-23(33(57)41-12-30(56)47-31)44-37(61)32(17(3)27(53)14-50)48-35(59)26-8-19(52)13-49(26)39(62)24(10-28(40)54)45-34(25)58/h5-7,16-17,19,23-27,31-32,46,50-53H,4,8-15H2,1-3H3,(H2,40,54)(H,41,57)(H,42,60)(H,43,55)(H,44,61)(H,45,58)(H,47,56)(H,48,59)/t16-,17-,19?,23?,24-,25?,26-,27-,31-,32-/m0/s1. The van der Waals surface area contributed by atoms with Crippen LogP contribution in [0.5, 0.6) is 5.75 Å². The number of hydrogen-bond acceptors (Lipinski definition) is 14. The highest BCUT2D eigenvalue weighted by Gasteiger charge is 2.45. The van der Waals surface area contributed by atoms with Gasteiger partial charge in [0, 0.05) is 42.0 Å². The first-order valence-corrected chi connectivity index (χ1v) is 21.4. The molecule has 1 aromatic heterocycles. The van der Waals surface area contributed by atoms with Gasteiger partial charge in [0.2, 0.25) is 53.2 Å². The molecule has 4 heterocycles. The Labute approximate surface area is 364 Å². The summed E-state index contributed by atoms with van der Waals surface area (Å²) in [4.78, 5) is 128. The number of carbonyl (C=O) groups is 9. The number of carbonyl (C=O) groups excluding carboxylic acids is 9. The molecule has 9 amide bonds. The lowest BCUT2D eigenvalue weighted by Gasteiger charge is -2.32. The molecule has 0 saturated carbocycles. The van der Waals surface area contributed by atoms with E-state index in [0.29, 0.717) is 22.9 Å². The molecule has 24 heteroatoms. The van der Waals surface area contributed by atoms with Crippen LogP contribution in [-0.4, -0.2) is 164 Å². The SMILES string of the molecule is CC[C@H](C)[C@@H]1NC(=O)CNC(=O)C2Cc3c([nH]c4ccc(O)cc34)SCC(NC(=O)CNC1=O)C(=O)N[C@@H](CC(N)=O)C(=O)N1CC(O)C[C@H]1C(=O)N[C@@H]([C@@H](C)[C@@H](O)CO)C(=O)N2. The number of rotatable bonds is 7. The van der Waals surface area contributed by atoms with Gasteiger partial charge in [-0.1, -0.05) is 27.2 Å². The van der Waals surface area contributed by atoms with E-state index in [4.69, 9.17) is 5.73 Å². The third-order valence-corrected chi connectivity index (χ3v) is 12.5. The zero-order chi connectivity index (χ0) is 46.3. The minimum absolute atomic E-state index is 0.182. The molecule has 3 aliphatic heterocycles. The molecular formula is C39H54N10O13S. The molecule has 23 nitrogen and oxygen atoms in total. The molecule has 3 unspecified atom stereocenters. The first kappa shape index (κ1) is 48.1. The van der Waals surface area contributed by atoms with E-state index in [1.807, 2.05) is 0 Å². The van der Waals surface area contributed by atoms with E-state index in [9.17, 15) is 63.6 Å². The van der Waals surface area contributed by atoms with Crippen molar-refractivity contribution in [2.24, 2.45) is 17.6 Å². The largest absolute Gasteiger partial charge is 0.508 e. The van der Waals surface area contributed by atoms with Gasteiger partial charge < -0.3 is 73.3 Å². The second kappa shape index (κ2) is 20.9. The van der Waals surface area contributed by atoms with Crippen molar-refractivity contribution >= 4 is 75.8 Å². The predicted molar refractivity (Wildman–Crippen MR) is 222 cm³/mol. The molecule has 3 aliphatic rings. The lowest BCUT2D eigenvalue weighted by atomic mass is 9.93. The Bertz CT molecular complexity index is 2120. The monoisotopic (exact) mass is 902 g/mol. The van der Waals surface area contributed by atoms with Gasteiger partial charge in [-0.25, -0.2) is 0 Å². The number of primary amides is 1. The maximum Gasteiger partial charge on any atom is 0.246 e. The van der Waals surface area contributed by atoms with Crippen molar-refractivity contribution in [1.82, 2.24) is 47.1 Å². The Balaban J connectivity index is 1.70. The van der Waals surface area contributed by atoms with Crippen molar-refractivity contribution in [2.75, 3.05) is 32.0 Å². The number of fused-ring (bicyclic) bond motifs is 5. The smallest absolute Gasteiger partial charge is 0.246 e. The van der Waals surface area contributed by atoms with Crippen molar-refractivity contribution < 1.29 is 63.6 Å². The summed E-state index contributed by atoms with van der Waals surface area (Å²) >= 11 is 0.949. The number of benzene rings is 1. The van der Waals surface area contributed by atoms with Crippen LogP contribution in [0.15, 0.2) is 23.2 Å². The summed E-state index contributed by atoms with van der Waals surface area (Å²) in [6.07, 6.45) is -4.05. The van der Waals surface area contributed by atoms with E-state index >= 15 is 0 Å². The van der Waals surface area contributed by atoms with Gasteiger partial charge in [0.15, 0.2) is 0 Å². The van der Waals surface area contributed by atoms with Gasteiger partial charge in [-0.3, -0.25) is 43.2 Å². The third-order valence-electron chi connectivity index (χ3n) is 11.4. The van der Waals surface area contributed by atoms with E-state index in [-0.39, 0.29) is 29.4 Å². The molecule has 2 aromatic rings. The van der Waals surface area contributed by atoms with Gasteiger partial charge >= 0.3 is 0 Å². The maximum atomic E-state index is 14.4. The van der Waals surface area contributed by atoms with Gasteiger partial charge in [-0.15, -0.1) is 11.8 Å². The number of aliphatic hydroxyl groups is 3. The minimum Gasteiger partial charge on any atom is -0.508 e. The molecular weight excluding hydrogens is 849 g/mol. The number of aromatic hydroxyl groups is 1. The van der Waals surface area contributed by atoms with Crippen LogP contribution in [0.2, 0.25) is 0 Å². The van der Waals surface area contributed by atoms with Gasteiger partial charge in [0.1, 0.15) is 42.0 Å². The molecule has 5 rings (SSSR count). The average Bonchev–Trinajstić information content (AvgIpc) is 3.80. The highest BCUT2D eigenvalue weighted by atomic mass is 32.2. The Morgan fingerprint density at radius 2 is 1.56 bits per heavy atom. The summed E-state index contributed by atoms with van der Waals surface area (Å²) in [6, 6.07) is -5.02. The number of hydrogen-bond donors (Lipinski definition) is 13. The van der Waals surface area contributed by atoms with E-state index < -0.39 is 146 Å². The molecule has 14 N–H and O–H groups in total.